The number of methoxy groups -OCH3 is 2. The molecule has 2 bridgehead atoms. The van der Waals surface area contributed by atoms with E-state index in [1.54, 1.807) is 14.2 Å². The van der Waals surface area contributed by atoms with Crippen molar-refractivity contribution in [2.24, 2.45) is 16.7 Å². The molecule has 2 aliphatic rings. The molecule has 15 heavy (non-hydrogen) atoms. The van der Waals surface area contributed by atoms with Gasteiger partial charge in [-0.05, 0) is 18.3 Å². The Hall–Kier alpha value is -0.410. The highest BCUT2D eigenvalue weighted by molar-refractivity contribution is 5.96. The molecule has 0 aromatic rings. The van der Waals surface area contributed by atoms with Crippen molar-refractivity contribution in [1.29, 1.82) is 0 Å². The Balaban J connectivity index is 2.55. The summed E-state index contributed by atoms with van der Waals surface area (Å²) in [6.07, 6.45) is 1.97. The summed E-state index contributed by atoms with van der Waals surface area (Å²) in [5, 5.41) is 0. The molecular formula is C12H20O3. The highest BCUT2D eigenvalue weighted by Gasteiger charge is 2.74. The SMILES string of the molecule is COC1(OC)C(=O)C2(C)CCC1C2(C)C. The van der Waals surface area contributed by atoms with Crippen molar-refractivity contribution in [3.05, 3.63) is 0 Å². The number of ether oxygens (including phenoxy) is 2. The highest BCUT2D eigenvalue weighted by Crippen LogP contribution is 2.67. The van der Waals surface area contributed by atoms with E-state index in [0.717, 1.165) is 12.8 Å². The third-order valence-electron chi connectivity index (χ3n) is 5.11. The molecule has 2 atom stereocenters. The standard InChI is InChI=1S/C12H20O3/c1-10(2)8-6-7-11(10,3)9(13)12(8,14-4)15-5/h8H,6-7H2,1-5H3. The van der Waals surface area contributed by atoms with Crippen LogP contribution in [0.5, 0.6) is 0 Å². The maximum atomic E-state index is 12.4. The van der Waals surface area contributed by atoms with E-state index >= 15 is 0 Å². The Labute approximate surface area is 91.1 Å². The Kier molecular flexibility index (Phi) is 2.09. The maximum absolute atomic E-state index is 12.4. The lowest BCUT2D eigenvalue weighted by Crippen LogP contribution is -2.49. The van der Waals surface area contributed by atoms with Crippen LogP contribution in [-0.4, -0.2) is 25.8 Å². The predicted octanol–water partition coefficient (Wildman–Crippen LogP) is 2.00. The van der Waals surface area contributed by atoms with Crippen LogP contribution in [-0.2, 0) is 14.3 Å². The third kappa shape index (κ3) is 0.918. The molecule has 0 aliphatic heterocycles. The lowest BCUT2D eigenvalue weighted by molar-refractivity contribution is -0.230. The molecule has 0 amide bonds. The van der Waals surface area contributed by atoms with Gasteiger partial charge in [0.15, 0.2) is 5.78 Å². The van der Waals surface area contributed by atoms with Crippen molar-refractivity contribution >= 4 is 5.78 Å². The zero-order valence-electron chi connectivity index (χ0n) is 10.2. The van der Waals surface area contributed by atoms with Gasteiger partial charge in [0.1, 0.15) is 0 Å². The van der Waals surface area contributed by atoms with Crippen LogP contribution in [0.15, 0.2) is 0 Å². The molecule has 2 fully saturated rings. The summed E-state index contributed by atoms with van der Waals surface area (Å²) in [6.45, 7) is 6.36. The molecular weight excluding hydrogens is 192 g/mol. The minimum Gasteiger partial charge on any atom is -0.347 e. The van der Waals surface area contributed by atoms with E-state index in [0.29, 0.717) is 0 Å². The second-order valence-corrected chi connectivity index (χ2v) is 5.55. The molecule has 0 radical (unpaired) electrons. The Morgan fingerprint density at radius 1 is 1.20 bits per heavy atom. The number of hydrogen-bond donors (Lipinski definition) is 0. The van der Waals surface area contributed by atoms with E-state index in [1.807, 2.05) is 0 Å². The zero-order valence-corrected chi connectivity index (χ0v) is 10.2. The fourth-order valence-corrected chi connectivity index (χ4v) is 3.67. The number of hydrogen-bond acceptors (Lipinski definition) is 3. The summed E-state index contributed by atoms with van der Waals surface area (Å²) in [7, 11) is 3.14. The number of carbonyl (C=O) groups excluding carboxylic acids is 1. The van der Waals surface area contributed by atoms with Gasteiger partial charge in [0, 0.05) is 25.6 Å². The van der Waals surface area contributed by atoms with Gasteiger partial charge in [-0.15, -0.1) is 0 Å². The highest BCUT2D eigenvalue weighted by atomic mass is 16.7. The van der Waals surface area contributed by atoms with E-state index in [-0.39, 0.29) is 22.5 Å². The molecule has 0 spiro atoms. The number of ketones is 1. The van der Waals surface area contributed by atoms with Crippen molar-refractivity contribution in [2.75, 3.05) is 14.2 Å². The van der Waals surface area contributed by atoms with E-state index in [9.17, 15) is 4.79 Å². The van der Waals surface area contributed by atoms with E-state index in [4.69, 9.17) is 9.47 Å². The molecule has 2 rings (SSSR count). The summed E-state index contributed by atoms with van der Waals surface area (Å²) < 4.78 is 10.8. The summed E-state index contributed by atoms with van der Waals surface area (Å²) >= 11 is 0. The fourth-order valence-electron chi connectivity index (χ4n) is 3.67. The Bertz CT molecular complexity index is 304. The fraction of sp³-hybridized carbons (Fsp3) is 0.917. The van der Waals surface area contributed by atoms with Gasteiger partial charge in [-0.1, -0.05) is 20.8 Å². The smallest absolute Gasteiger partial charge is 0.232 e. The van der Waals surface area contributed by atoms with Crippen LogP contribution in [0.25, 0.3) is 0 Å². The molecule has 0 saturated heterocycles. The lowest BCUT2D eigenvalue weighted by atomic mass is 9.70. The number of Topliss-reactive ketones (excluding diaryl/α,β-unsaturated/α-hetero) is 1. The van der Waals surface area contributed by atoms with Gasteiger partial charge in [-0.25, -0.2) is 0 Å². The number of carbonyl (C=O) groups is 1. The summed E-state index contributed by atoms with van der Waals surface area (Å²) in [5.74, 6) is -0.685. The van der Waals surface area contributed by atoms with Gasteiger partial charge in [-0.3, -0.25) is 4.79 Å². The van der Waals surface area contributed by atoms with Crippen molar-refractivity contribution in [2.45, 2.75) is 39.4 Å². The Morgan fingerprint density at radius 2 is 1.73 bits per heavy atom. The van der Waals surface area contributed by atoms with Crippen LogP contribution in [0.2, 0.25) is 0 Å². The second kappa shape index (κ2) is 2.83. The minimum absolute atomic E-state index is 0.0316. The quantitative estimate of drug-likeness (QED) is 0.657. The summed E-state index contributed by atoms with van der Waals surface area (Å²) in [5.41, 5.74) is -0.320. The van der Waals surface area contributed by atoms with Crippen LogP contribution in [0.3, 0.4) is 0 Å². The van der Waals surface area contributed by atoms with Crippen LogP contribution in [0, 0.1) is 16.7 Å². The zero-order chi connectivity index (χ0) is 11.5. The molecule has 2 unspecified atom stereocenters. The first kappa shape index (κ1) is 11.1. The molecule has 2 saturated carbocycles. The second-order valence-electron chi connectivity index (χ2n) is 5.55. The van der Waals surface area contributed by atoms with Gasteiger partial charge in [0.25, 0.3) is 0 Å². The van der Waals surface area contributed by atoms with Crippen LogP contribution in [0.4, 0.5) is 0 Å². The molecule has 3 heteroatoms. The van der Waals surface area contributed by atoms with E-state index in [2.05, 4.69) is 20.8 Å². The topological polar surface area (TPSA) is 35.5 Å². The molecule has 86 valence electrons. The molecule has 0 aromatic carbocycles. The molecule has 3 nitrogen and oxygen atoms in total. The van der Waals surface area contributed by atoms with Crippen molar-refractivity contribution in [1.82, 2.24) is 0 Å². The van der Waals surface area contributed by atoms with Crippen LogP contribution < -0.4 is 0 Å². The summed E-state index contributed by atoms with van der Waals surface area (Å²) in [4.78, 5) is 12.4. The molecule has 0 aromatic heterocycles. The van der Waals surface area contributed by atoms with Gasteiger partial charge in [0.2, 0.25) is 5.79 Å². The van der Waals surface area contributed by atoms with Crippen molar-refractivity contribution in [3.63, 3.8) is 0 Å². The maximum Gasteiger partial charge on any atom is 0.232 e. The van der Waals surface area contributed by atoms with Crippen LogP contribution in [0.1, 0.15) is 33.6 Å². The van der Waals surface area contributed by atoms with Crippen LogP contribution >= 0.6 is 0 Å². The molecule has 2 aliphatic carbocycles. The van der Waals surface area contributed by atoms with Gasteiger partial charge < -0.3 is 9.47 Å². The van der Waals surface area contributed by atoms with Gasteiger partial charge in [-0.2, -0.15) is 0 Å². The number of fused-ring (bicyclic) bond motifs is 2. The average Bonchev–Trinajstić information content (AvgIpc) is 2.50. The first-order valence-electron chi connectivity index (χ1n) is 5.52. The monoisotopic (exact) mass is 212 g/mol. The first-order chi connectivity index (χ1) is 6.87. The van der Waals surface area contributed by atoms with E-state index in [1.165, 1.54) is 0 Å². The van der Waals surface area contributed by atoms with Gasteiger partial charge >= 0.3 is 0 Å². The lowest BCUT2D eigenvalue weighted by Gasteiger charge is -2.35. The average molecular weight is 212 g/mol. The summed E-state index contributed by atoms with van der Waals surface area (Å²) in [6, 6.07) is 0. The molecule has 0 N–H and O–H groups in total. The predicted molar refractivity (Wildman–Crippen MR) is 56.4 cm³/mol. The van der Waals surface area contributed by atoms with Gasteiger partial charge in [0.05, 0.1) is 0 Å². The van der Waals surface area contributed by atoms with E-state index < -0.39 is 5.79 Å². The molecule has 0 heterocycles. The van der Waals surface area contributed by atoms with Crippen molar-refractivity contribution < 1.29 is 14.3 Å². The number of rotatable bonds is 2. The van der Waals surface area contributed by atoms with Crippen molar-refractivity contribution in [3.8, 4) is 0 Å². The largest absolute Gasteiger partial charge is 0.347 e. The normalized spacial score (nSPS) is 41.1. The third-order valence-corrected chi connectivity index (χ3v) is 5.11. The minimum atomic E-state index is -0.990. The Morgan fingerprint density at radius 3 is 2.00 bits per heavy atom. The first-order valence-corrected chi connectivity index (χ1v) is 5.52.